The molecule has 0 saturated carbocycles. The van der Waals surface area contributed by atoms with E-state index in [1.54, 1.807) is 47.0 Å². The van der Waals surface area contributed by atoms with Gasteiger partial charge in [-0.25, -0.2) is 14.6 Å². The zero-order valence-corrected chi connectivity index (χ0v) is 15.1. The van der Waals surface area contributed by atoms with Crippen molar-refractivity contribution in [2.45, 2.75) is 13.0 Å². The molecule has 0 spiro atoms. The molecule has 0 fully saturated rings. The van der Waals surface area contributed by atoms with Crippen LogP contribution in [0.15, 0.2) is 73.6 Å². The van der Waals surface area contributed by atoms with Gasteiger partial charge >= 0.3 is 0 Å². The van der Waals surface area contributed by atoms with Gasteiger partial charge in [0.05, 0.1) is 0 Å². The standard InChI is InChI=1S/C19H18N8O/c1-14(26-10-2-8-22-26)19(28)25-16-6-4-15(5-7-16)24-17-12-18(21-13-20-17)27-11-3-9-23-27/h2-14H,1H3,(H,25,28)(H,20,21,24)/t14-/m0/s1. The molecule has 1 amide bonds. The molecule has 140 valence electrons. The molecule has 3 aromatic heterocycles. The monoisotopic (exact) mass is 374 g/mol. The third-order valence-corrected chi connectivity index (χ3v) is 4.12. The topological polar surface area (TPSA) is 103 Å². The predicted octanol–water partition coefficient (Wildman–Crippen LogP) is 2.80. The second kappa shape index (κ2) is 7.70. The van der Waals surface area contributed by atoms with Crippen molar-refractivity contribution in [3.05, 3.63) is 73.6 Å². The molecule has 0 aliphatic carbocycles. The predicted molar refractivity (Wildman–Crippen MR) is 104 cm³/mol. The highest BCUT2D eigenvalue weighted by Crippen LogP contribution is 2.19. The zero-order valence-electron chi connectivity index (χ0n) is 15.1. The van der Waals surface area contributed by atoms with Gasteiger partial charge in [-0.2, -0.15) is 10.2 Å². The minimum absolute atomic E-state index is 0.135. The van der Waals surface area contributed by atoms with Crippen LogP contribution >= 0.6 is 0 Å². The number of nitrogens with one attached hydrogen (secondary N) is 2. The summed E-state index contributed by atoms with van der Waals surface area (Å²) in [7, 11) is 0. The maximum absolute atomic E-state index is 12.3. The van der Waals surface area contributed by atoms with Crippen LogP contribution in [0.1, 0.15) is 13.0 Å². The fraction of sp³-hybridized carbons (Fsp3) is 0.105. The number of hydrogen-bond donors (Lipinski definition) is 2. The summed E-state index contributed by atoms with van der Waals surface area (Å²) >= 11 is 0. The van der Waals surface area contributed by atoms with Crippen LogP contribution in [0, 0.1) is 0 Å². The van der Waals surface area contributed by atoms with E-state index in [9.17, 15) is 4.79 Å². The van der Waals surface area contributed by atoms with Crippen molar-refractivity contribution in [2.24, 2.45) is 0 Å². The Kier molecular flexibility index (Phi) is 4.79. The Hall–Kier alpha value is -4.01. The van der Waals surface area contributed by atoms with Crippen molar-refractivity contribution >= 4 is 23.1 Å². The molecule has 9 heteroatoms. The van der Waals surface area contributed by atoms with Gasteiger partial charge in [-0.1, -0.05) is 0 Å². The van der Waals surface area contributed by atoms with Gasteiger partial charge in [0.2, 0.25) is 5.91 Å². The first-order valence-corrected chi connectivity index (χ1v) is 8.68. The van der Waals surface area contributed by atoms with Crippen LogP contribution in [-0.4, -0.2) is 35.4 Å². The molecule has 0 aliphatic heterocycles. The zero-order chi connectivity index (χ0) is 19.3. The number of amides is 1. The number of carbonyl (C=O) groups excluding carboxylic acids is 1. The summed E-state index contributed by atoms with van der Waals surface area (Å²) in [5.41, 5.74) is 1.54. The van der Waals surface area contributed by atoms with E-state index in [1.165, 1.54) is 6.33 Å². The second-order valence-corrected chi connectivity index (χ2v) is 6.07. The number of carbonyl (C=O) groups is 1. The number of benzene rings is 1. The minimum atomic E-state index is -0.394. The summed E-state index contributed by atoms with van der Waals surface area (Å²) in [5, 5.41) is 14.3. The quantitative estimate of drug-likeness (QED) is 0.538. The summed E-state index contributed by atoms with van der Waals surface area (Å²) in [6, 6.07) is 12.4. The number of rotatable bonds is 6. The van der Waals surface area contributed by atoms with Crippen LogP contribution in [0.25, 0.3) is 5.82 Å². The first kappa shape index (κ1) is 17.4. The largest absolute Gasteiger partial charge is 0.340 e. The van der Waals surface area contributed by atoms with Gasteiger partial charge in [0.1, 0.15) is 18.2 Å². The van der Waals surface area contributed by atoms with Crippen molar-refractivity contribution in [1.29, 1.82) is 0 Å². The smallest absolute Gasteiger partial charge is 0.248 e. The summed E-state index contributed by atoms with van der Waals surface area (Å²) < 4.78 is 3.27. The average molecular weight is 374 g/mol. The summed E-state index contributed by atoms with van der Waals surface area (Å²) in [6.07, 6.45) is 8.39. The highest BCUT2D eigenvalue weighted by molar-refractivity contribution is 5.93. The molecule has 9 nitrogen and oxygen atoms in total. The van der Waals surface area contributed by atoms with E-state index >= 15 is 0 Å². The van der Waals surface area contributed by atoms with Gasteiger partial charge in [-0.3, -0.25) is 9.48 Å². The Morgan fingerprint density at radius 1 is 1.00 bits per heavy atom. The maximum Gasteiger partial charge on any atom is 0.248 e. The van der Waals surface area contributed by atoms with Crippen molar-refractivity contribution in [3.63, 3.8) is 0 Å². The Morgan fingerprint density at radius 2 is 1.75 bits per heavy atom. The normalized spacial score (nSPS) is 11.8. The van der Waals surface area contributed by atoms with E-state index < -0.39 is 6.04 Å². The molecule has 0 radical (unpaired) electrons. The Labute approximate surface area is 161 Å². The Morgan fingerprint density at radius 3 is 2.46 bits per heavy atom. The van der Waals surface area contributed by atoms with Crippen LogP contribution in [0.5, 0.6) is 0 Å². The molecule has 0 aliphatic rings. The van der Waals surface area contributed by atoms with Crippen LogP contribution in [0.4, 0.5) is 17.2 Å². The van der Waals surface area contributed by atoms with E-state index in [4.69, 9.17) is 0 Å². The maximum atomic E-state index is 12.3. The van der Waals surface area contributed by atoms with E-state index in [0.29, 0.717) is 17.3 Å². The van der Waals surface area contributed by atoms with E-state index in [2.05, 4.69) is 30.8 Å². The Bertz CT molecular complexity index is 1040. The SMILES string of the molecule is C[C@@H](C(=O)Nc1ccc(Nc2cc(-n3cccn3)ncn2)cc1)n1cccn1. The summed E-state index contributed by atoms with van der Waals surface area (Å²) in [6.45, 7) is 1.80. The summed E-state index contributed by atoms with van der Waals surface area (Å²) in [5.74, 6) is 1.17. The molecule has 1 atom stereocenters. The van der Waals surface area contributed by atoms with Gasteiger partial charge < -0.3 is 10.6 Å². The van der Waals surface area contributed by atoms with Gasteiger partial charge in [0.15, 0.2) is 5.82 Å². The highest BCUT2D eigenvalue weighted by atomic mass is 16.2. The number of aromatic nitrogens is 6. The summed E-state index contributed by atoms with van der Waals surface area (Å²) in [4.78, 5) is 20.8. The van der Waals surface area contributed by atoms with Gasteiger partial charge in [0.25, 0.3) is 0 Å². The van der Waals surface area contributed by atoms with Crippen LogP contribution in [0.3, 0.4) is 0 Å². The van der Waals surface area contributed by atoms with Crippen molar-refractivity contribution in [2.75, 3.05) is 10.6 Å². The molecular weight excluding hydrogens is 356 g/mol. The second-order valence-electron chi connectivity index (χ2n) is 6.07. The van der Waals surface area contributed by atoms with Gasteiger partial charge in [-0.15, -0.1) is 0 Å². The molecule has 0 unspecified atom stereocenters. The van der Waals surface area contributed by atoms with Crippen LogP contribution in [0.2, 0.25) is 0 Å². The van der Waals surface area contributed by atoms with Crippen LogP contribution in [-0.2, 0) is 4.79 Å². The van der Waals surface area contributed by atoms with Crippen molar-refractivity contribution in [1.82, 2.24) is 29.5 Å². The molecule has 3 heterocycles. The number of nitrogens with zero attached hydrogens (tertiary/aromatic N) is 6. The van der Waals surface area contributed by atoms with E-state index in [0.717, 1.165) is 5.69 Å². The van der Waals surface area contributed by atoms with E-state index in [1.807, 2.05) is 36.5 Å². The molecule has 4 rings (SSSR count). The first-order valence-electron chi connectivity index (χ1n) is 8.68. The molecule has 0 bridgehead atoms. The molecule has 28 heavy (non-hydrogen) atoms. The lowest BCUT2D eigenvalue weighted by Crippen LogP contribution is -2.23. The van der Waals surface area contributed by atoms with Gasteiger partial charge in [-0.05, 0) is 43.3 Å². The molecule has 1 aromatic carbocycles. The fourth-order valence-corrected chi connectivity index (χ4v) is 2.61. The highest BCUT2D eigenvalue weighted by Gasteiger charge is 2.14. The van der Waals surface area contributed by atoms with Crippen molar-refractivity contribution in [3.8, 4) is 5.82 Å². The third-order valence-electron chi connectivity index (χ3n) is 4.12. The fourth-order valence-electron chi connectivity index (χ4n) is 2.61. The lowest BCUT2D eigenvalue weighted by Gasteiger charge is -2.13. The minimum Gasteiger partial charge on any atom is -0.340 e. The van der Waals surface area contributed by atoms with Crippen LogP contribution < -0.4 is 10.6 Å². The first-order chi connectivity index (χ1) is 13.7. The molecule has 0 saturated heterocycles. The Balaban J connectivity index is 1.41. The third kappa shape index (κ3) is 3.88. The average Bonchev–Trinajstić information content (AvgIpc) is 3.43. The number of anilines is 3. The lowest BCUT2D eigenvalue weighted by atomic mass is 10.2. The van der Waals surface area contributed by atoms with Crippen molar-refractivity contribution < 1.29 is 4.79 Å². The molecular formula is C19H18N8O. The van der Waals surface area contributed by atoms with E-state index in [-0.39, 0.29) is 5.91 Å². The number of hydrogen-bond acceptors (Lipinski definition) is 6. The molecule has 4 aromatic rings. The molecule has 2 N–H and O–H groups in total. The lowest BCUT2D eigenvalue weighted by molar-refractivity contribution is -0.119. The van der Waals surface area contributed by atoms with Gasteiger partial charge in [0, 0.05) is 42.2 Å².